The van der Waals surface area contributed by atoms with Gasteiger partial charge in [0, 0.05) is 12.6 Å². The normalized spacial score (nSPS) is 16.4. The van der Waals surface area contributed by atoms with Gasteiger partial charge in [0.2, 0.25) is 5.91 Å². The standard InChI is InChI=1S/C23H34N2O4/c1-16(2)28-19-9-7-8-17(14-19)10-13-20(26)25-23(6,18-11-12-18)15-24-21(27)29-22(3,4)5/h7-10,13-14,16,18H,11-12,15H2,1-6H3,(H,24,27)(H,25,26). The fraction of sp³-hybridized carbons (Fsp3) is 0.565. The summed E-state index contributed by atoms with van der Waals surface area (Å²) in [5.41, 5.74) is -0.181. The van der Waals surface area contributed by atoms with Crippen LogP contribution in [0.3, 0.4) is 0 Å². The van der Waals surface area contributed by atoms with Gasteiger partial charge >= 0.3 is 6.09 Å². The molecular formula is C23H34N2O4. The van der Waals surface area contributed by atoms with Crippen LogP contribution in [-0.2, 0) is 9.53 Å². The predicted molar refractivity (Wildman–Crippen MR) is 115 cm³/mol. The molecule has 6 nitrogen and oxygen atoms in total. The predicted octanol–water partition coefficient (Wildman–Crippen LogP) is 4.30. The zero-order valence-electron chi connectivity index (χ0n) is 18.4. The van der Waals surface area contributed by atoms with Gasteiger partial charge in [-0.3, -0.25) is 4.79 Å². The second kappa shape index (κ2) is 9.33. The van der Waals surface area contributed by atoms with Crippen molar-refractivity contribution in [1.29, 1.82) is 0 Å². The first kappa shape index (κ1) is 22.8. The number of rotatable bonds is 8. The summed E-state index contributed by atoms with van der Waals surface area (Å²) < 4.78 is 11.0. The van der Waals surface area contributed by atoms with E-state index in [0.29, 0.717) is 12.5 Å². The highest BCUT2D eigenvalue weighted by Gasteiger charge is 2.42. The van der Waals surface area contributed by atoms with E-state index >= 15 is 0 Å². The zero-order chi connectivity index (χ0) is 21.7. The fourth-order valence-electron chi connectivity index (χ4n) is 3.04. The molecule has 2 N–H and O–H groups in total. The molecule has 1 aliphatic rings. The largest absolute Gasteiger partial charge is 0.491 e. The second-order valence-corrected chi connectivity index (χ2v) is 9.11. The smallest absolute Gasteiger partial charge is 0.407 e. The van der Waals surface area contributed by atoms with Crippen LogP contribution in [0, 0.1) is 5.92 Å². The van der Waals surface area contributed by atoms with Gasteiger partial charge in [-0.05, 0) is 84.1 Å². The van der Waals surface area contributed by atoms with Crippen molar-refractivity contribution in [2.24, 2.45) is 5.92 Å². The number of hydrogen-bond acceptors (Lipinski definition) is 4. The highest BCUT2D eigenvalue weighted by Crippen LogP contribution is 2.39. The van der Waals surface area contributed by atoms with E-state index in [9.17, 15) is 9.59 Å². The van der Waals surface area contributed by atoms with Crippen LogP contribution in [-0.4, -0.2) is 35.8 Å². The molecule has 0 saturated heterocycles. The second-order valence-electron chi connectivity index (χ2n) is 9.11. The molecule has 0 heterocycles. The molecule has 0 radical (unpaired) electrons. The van der Waals surface area contributed by atoms with E-state index in [-0.39, 0.29) is 12.0 Å². The van der Waals surface area contributed by atoms with Gasteiger partial charge in [0.05, 0.1) is 11.6 Å². The van der Waals surface area contributed by atoms with Crippen LogP contribution in [0.5, 0.6) is 5.75 Å². The van der Waals surface area contributed by atoms with E-state index < -0.39 is 17.2 Å². The topological polar surface area (TPSA) is 76.7 Å². The molecule has 160 valence electrons. The lowest BCUT2D eigenvalue weighted by atomic mass is 9.95. The molecule has 1 unspecified atom stereocenters. The quantitative estimate of drug-likeness (QED) is 0.636. The highest BCUT2D eigenvalue weighted by molar-refractivity contribution is 5.92. The Hall–Kier alpha value is -2.50. The van der Waals surface area contributed by atoms with Crippen LogP contribution in [0.15, 0.2) is 30.3 Å². The number of benzene rings is 1. The Morgan fingerprint density at radius 2 is 1.90 bits per heavy atom. The third kappa shape index (κ3) is 8.18. The summed E-state index contributed by atoms with van der Waals surface area (Å²) in [7, 11) is 0. The van der Waals surface area contributed by atoms with E-state index in [2.05, 4.69) is 10.6 Å². The van der Waals surface area contributed by atoms with Crippen LogP contribution in [0.4, 0.5) is 4.79 Å². The van der Waals surface area contributed by atoms with Gasteiger partial charge in [-0.15, -0.1) is 0 Å². The van der Waals surface area contributed by atoms with E-state index in [1.165, 1.54) is 6.08 Å². The molecule has 2 amide bonds. The number of alkyl carbamates (subject to hydrolysis) is 1. The van der Waals surface area contributed by atoms with Crippen LogP contribution in [0.1, 0.15) is 59.9 Å². The summed E-state index contributed by atoms with van der Waals surface area (Å²) in [5.74, 6) is 0.921. The average molecular weight is 403 g/mol. The highest BCUT2D eigenvalue weighted by atomic mass is 16.6. The van der Waals surface area contributed by atoms with Crippen LogP contribution < -0.4 is 15.4 Å². The molecule has 2 rings (SSSR count). The van der Waals surface area contributed by atoms with Crippen molar-refractivity contribution in [3.63, 3.8) is 0 Å². The lowest BCUT2D eigenvalue weighted by molar-refractivity contribution is -0.118. The molecule has 1 aromatic rings. The first-order valence-electron chi connectivity index (χ1n) is 10.2. The van der Waals surface area contributed by atoms with E-state index in [1.807, 2.05) is 65.8 Å². The lowest BCUT2D eigenvalue weighted by Gasteiger charge is -2.31. The molecule has 0 aliphatic heterocycles. The van der Waals surface area contributed by atoms with Crippen molar-refractivity contribution in [2.75, 3.05) is 6.54 Å². The first-order chi connectivity index (χ1) is 13.5. The Morgan fingerprint density at radius 3 is 2.48 bits per heavy atom. The van der Waals surface area contributed by atoms with E-state index in [1.54, 1.807) is 6.08 Å². The van der Waals surface area contributed by atoms with Gasteiger partial charge in [-0.25, -0.2) is 4.79 Å². The zero-order valence-corrected chi connectivity index (χ0v) is 18.4. The van der Waals surface area contributed by atoms with Crippen molar-refractivity contribution in [3.05, 3.63) is 35.9 Å². The van der Waals surface area contributed by atoms with Crippen LogP contribution in [0.2, 0.25) is 0 Å². The molecule has 29 heavy (non-hydrogen) atoms. The minimum atomic E-state index is -0.556. The van der Waals surface area contributed by atoms with E-state index in [4.69, 9.17) is 9.47 Å². The molecule has 1 saturated carbocycles. The van der Waals surface area contributed by atoms with Crippen molar-refractivity contribution < 1.29 is 19.1 Å². The molecule has 6 heteroatoms. The summed E-state index contributed by atoms with van der Waals surface area (Å²) in [6, 6.07) is 7.60. The Kier molecular flexibility index (Phi) is 7.33. The van der Waals surface area contributed by atoms with Crippen molar-refractivity contribution >= 4 is 18.1 Å². The lowest BCUT2D eigenvalue weighted by Crippen LogP contribution is -2.55. The fourth-order valence-corrected chi connectivity index (χ4v) is 3.04. The van der Waals surface area contributed by atoms with E-state index in [0.717, 1.165) is 24.2 Å². The number of amides is 2. The Morgan fingerprint density at radius 1 is 1.21 bits per heavy atom. The number of ether oxygens (including phenoxy) is 2. The van der Waals surface area contributed by atoms with Gasteiger partial charge in [0.25, 0.3) is 0 Å². The van der Waals surface area contributed by atoms with Crippen molar-refractivity contribution in [1.82, 2.24) is 10.6 Å². The molecule has 0 spiro atoms. The summed E-state index contributed by atoms with van der Waals surface area (Å²) in [5, 5.41) is 5.85. The molecule has 1 aliphatic carbocycles. The summed E-state index contributed by atoms with van der Waals surface area (Å²) in [6.45, 7) is 11.7. The van der Waals surface area contributed by atoms with Gasteiger partial charge in [0.15, 0.2) is 0 Å². The monoisotopic (exact) mass is 402 g/mol. The Bertz CT molecular complexity index is 747. The molecule has 1 aromatic carbocycles. The maximum atomic E-state index is 12.5. The molecule has 1 atom stereocenters. The molecule has 1 fully saturated rings. The number of carbonyl (C=O) groups is 2. The Balaban J connectivity index is 1.95. The third-order valence-electron chi connectivity index (χ3n) is 4.54. The maximum Gasteiger partial charge on any atom is 0.407 e. The van der Waals surface area contributed by atoms with Crippen molar-refractivity contribution in [3.8, 4) is 5.75 Å². The molecule has 0 aromatic heterocycles. The first-order valence-corrected chi connectivity index (χ1v) is 10.2. The molecule has 0 bridgehead atoms. The number of hydrogen-bond donors (Lipinski definition) is 2. The van der Waals surface area contributed by atoms with Gasteiger partial charge < -0.3 is 20.1 Å². The minimum Gasteiger partial charge on any atom is -0.491 e. The number of nitrogens with one attached hydrogen (secondary N) is 2. The third-order valence-corrected chi connectivity index (χ3v) is 4.54. The SMILES string of the molecule is CC(C)Oc1cccc(C=CC(=O)NC(C)(CNC(=O)OC(C)(C)C)C2CC2)c1. The van der Waals surface area contributed by atoms with Gasteiger partial charge in [-0.2, -0.15) is 0 Å². The maximum absolute atomic E-state index is 12.5. The Labute approximate surface area is 174 Å². The average Bonchev–Trinajstić information content (AvgIpc) is 3.42. The van der Waals surface area contributed by atoms with Gasteiger partial charge in [0.1, 0.15) is 11.4 Å². The van der Waals surface area contributed by atoms with Gasteiger partial charge in [-0.1, -0.05) is 12.1 Å². The minimum absolute atomic E-state index is 0.0919. The van der Waals surface area contributed by atoms with Crippen LogP contribution in [0.25, 0.3) is 6.08 Å². The summed E-state index contributed by atoms with van der Waals surface area (Å²) in [6.07, 6.45) is 4.96. The molecular weight excluding hydrogens is 368 g/mol. The van der Waals surface area contributed by atoms with Crippen LogP contribution >= 0.6 is 0 Å². The summed E-state index contributed by atoms with van der Waals surface area (Å²) in [4.78, 5) is 24.5. The summed E-state index contributed by atoms with van der Waals surface area (Å²) >= 11 is 0. The van der Waals surface area contributed by atoms with Crippen molar-refractivity contribution in [2.45, 2.75) is 71.6 Å². The number of carbonyl (C=O) groups excluding carboxylic acids is 2.